The lowest BCUT2D eigenvalue weighted by molar-refractivity contribution is -0.130. The molecule has 0 saturated carbocycles. The number of nitrogens with zero attached hydrogens (tertiary/aromatic N) is 2. The van der Waals surface area contributed by atoms with Gasteiger partial charge in [-0.05, 0) is 18.9 Å². The average molecular weight is 354 g/mol. The fraction of sp³-hybridized carbons (Fsp3) is 0.588. The van der Waals surface area contributed by atoms with Gasteiger partial charge in [0.05, 0.1) is 11.9 Å². The Hall–Kier alpha value is -1.44. The molecular formula is C17H26N2O4S. The summed E-state index contributed by atoms with van der Waals surface area (Å²) in [4.78, 5) is 13.9. The maximum absolute atomic E-state index is 12.3. The summed E-state index contributed by atoms with van der Waals surface area (Å²) >= 11 is 0. The number of aliphatic hydroxyl groups excluding tert-OH is 1. The number of aliphatic hydroxyl groups is 1. The number of likely N-dealkylation sites (tertiary alicyclic amines) is 1. The third-order valence-corrected chi connectivity index (χ3v) is 6.45. The number of carbonyl (C=O) groups excluding carboxylic acids is 1. The zero-order valence-electron chi connectivity index (χ0n) is 14.5. The summed E-state index contributed by atoms with van der Waals surface area (Å²) < 4.78 is 25.1. The van der Waals surface area contributed by atoms with Crippen molar-refractivity contribution in [3.63, 3.8) is 0 Å². The largest absolute Gasteiger partial charge is 0.391 e. The Labute approximate surface area is 144 Å². The van der Waals surface area contributed by atoms with E-state index in [0.29, 0.717) is 19.4 Å². The van der Waals surface area contributed by atoms with Crippen LogP contribution in [0.2, 0.25) is 0 Å². The molecule has 1 fully saturated rings. The first-order valence-electron chi connectivity index (χ1n) is 8.10. The maximum Gasteiger partial charge on any atom is 0.223 e. The Kier molecular flexibility index (Phi) is 6.01. The number of hydrogen-bond acceptors (Lipinski definition) is 4. The third kappa shape index (κ3) is 4.78. The summed E-state index contributed by atoms with van der Waals surface area (Å²) in [5.41, 5.74) is 2.28. The topological polar surface area (TPSA) is 77.9 Å². The van der Waals surface area contributed by atoms with E-state index in [-0.39, 0.29) is 18.2 Å². The van der Waals surface area contributed by atoms with E-state index in [9.17, 15) is 18.3 Å². The molecule has 6 nitrogen and oxygen atoms in total. The van der Waals surface area contributed by atoms with Gasteiger partial charge in [0.25, 0.3) is 0 Å². The fourth-order valence-electron chi connectivity index (χ4n) is 2.81. The summed E-state index contributed by atoms with van der Waals surface area (Å²) in [6.45, 7) is 2.52. The predicted molar refractivity (Wildman–Crippen MR) is 93.1 cm³/mol. The number of amides is 1. The van der Waals surface area contributed by atoms with Crippen molar-refractivity contribution in [1.29, 1.82) is 0 Å². The lowest BCUT2D eigenvalue weighted by Crippen LogP contribution is -2.33. The van der Waals surface area contributed by atoms with Crippen molar-refractivity contribution in [2.45, 2.75) is 25.9 Å². The Bertz CT molecular complexity index is 670. The lowest BCUT2D eigenvalue weighted by Gasteiger charge is -2.18. The number of β-amino-alcohol motifs (C(OH)–C–C–N with tert-alkyl or cyclic N) is 1. The fourth-order valence-corrected chi connectivity index (χ4v) is 3.97. The molecule has 0 aromatic heterocycles. The molecule has 1 aliphatic rings. The zero-order chi connectivity index (χ0) is 17.9. The molecule has 0 spiro atoms. The summed E-state index contributed by atoms with van der Waals surface area (Å²) in [6.07, 6.45) is 0.220. The van der Waals surface area contributed by atoms with Crippen LogP contribution in [-0.2, 0) is 21.2 Å². The van der Waals surface area contributed by atoms with E-state index < -0.39 is 22.0 Å². The van der Waals surface area contributed by atoms with Crippen LogP contribution in [0.1, 0.15) is 17.5 Å². The molecule has 1 saturated heterocycles. The van der Waals surface area contributed by atoms with Gasteiger partial charge < -0.3 is 10.0 Å². The highest BCUT2D eigenvalue weighted by atomic mass is 32.2. The molecule has 1 amide bonds. The number of carbonyl (C=O) groups is 1. The van der Waals surface area contributed by atoms with Gasteiger partial charge >= 0.3 is 0 Å². The van der Waals surface area contributed by atoms with Crippen LogP contribution in [0.3, 0.4) is 0 Å². The SMILES string of the molecule is Cc1ccc(CCC(=O)N2CC(O)C(CS(=O)(=O)N(C)C)C2)cc1. The maximum atomic E-state index is 12.3. The molecule has 24 heavy (non-hydrogen) atoms. The van der Waals surface area contributed by atoms with Crippen LogP contribution in [0.15, 0.2) is 24.3 Å². The molecule has 2 atom stereocenters. The first-order valence-corrected chi connectivity index (χ1v) is 9.71. The van der Waals surface area contributed by atoms with Crippen molar-refractivity contribution in [1.82, 2.24) is 9.21 Å². The number of rotatable bonds is 6. The number of aryl methyl sites for hydroxylation is 2. The second-order valence-corrected chi connectivity index (χ2v) is 8.90. The van der Waals surface area contributed by atoms with Crippen LogP contribution in [0, 0.1) is 12.8 Å². The van der Waals surface area contributed by atoms with Gasteiger partial charge in [-0.2, -0.15) is 0 Å². The smallest absolute Gasteiger partial charge is 0.223 e. The van der Waals surface area contributed by atoms with Crippen LogP contribution in [0.25, 0.3) is 0 Å². The van der Waals surface area contributed by atoms with E-state index in [4.69, 9.17) is 0 Å². The highest BCUT2D eigenvalue weighted by molar-refractivity contribution is 7.89. The van der Waals surface area contributed by atoms with E-state index in [1.165, 1.54) is 19.7 Å². The third-order valence-electron chi connectivity index (χ3n) is 4.49. The van der Waals surface area contributed by atoms with Gasteiger partial charge in [0.2, 0.25) is 15.9 Å². The van der Waals surface area contributed by atoms with Crippen LogP contribution < -0.4 is 0 Å². The van der Waals surface area contributed by atoms with E-state index in [1.54, 1.807) is 4.90 Å². The Balaban J connectivity index is 1.89. The quantitative estimate of drug-likeness (QED) is 0.813. The summed E-state index contributed by atoms with van der Waals surface area (Å²) in [7, 11) is -0.441. The van der Waals surface area contributed by atoms with Crippen molar-refractivity contribution in [3.8, 4) is 0 Å². The van der Waals surface area contributed by atoms with Crippen molar-refractivity contribution < 1.29 is 18.3 Å². The molecule has 1 aromatic carbocycles. The van der Waals surface area contributed by atoms with Crippen LogP contribution in [0.4, 0.5) is 0 Å². The van der Waals surface area contributed by atoms with Gasteiger partial charge in [-0.3, -0.25) is 4.79 Å². The predicted octanol–water partition coefficient (Wildman–Crippen LogP) is 0.638. The molecule has 1 heterocycles. The Morgan fingerprint density at radius 2 is 1.88 bits per heavy atom. The van der Waals surface area contributed by atoms with Gasteiger partial charge in [-0.15, -0.1) is 0 Å². The molecule has 0 aliphatic carbocycles. The number of sulfonamides is 1. The van der Waals surface area contributed by atoms with Crippen LogP contribution in [0.5, 0.6) is 0 Å². The summed E-state index contributed by atoms with van der Waals surface area (Å²) in [6, 6.07) is 8.05. The summed E-state index contributed by atoms with van der Waals surface area (Å²) in [5, 5.41) is 10.1. The molecule has 2 rings (SSSR count). The Morgan fingerprint density at radius 3 is 2.46 bits per heavy atom. The molecule has 2 unspecified atom stereocenters. The Morgan fingerprint density at radius 1 is 1.25 bits per heavy atom. The van der Waals surface area contributed by atoms with Crippen molar-refractivity contribution in [3.05, 3.63) is 35.4 Å². The molecule has 0 radical (unpaired) electrons. The van der Waals surface area contributed by atoms with Crippen LogP contribution >= 0.6 is 0 Å². The highest BCUT2D eigenvalue weighted by Gasteiger charge is 2.37. The average Bonchev–Trinajstić information content (AvgIpc) is 2.87. The second-order valence-electron chi connectivity index (χ2n) is 6.67. The second kappa shape index (κ2) is 7.63. The van der Waals surface area contributed by atoms with E-state index in [2.05, 4.69) is 0 Å². The molecule has 0 bridgehead atoms. The molecule has 1 N–H and O–H groups in total. The van der Waals surface area contributed by atoms with E-state index in [0.717, 1.165) is 9.87 Å². The molecule has 7 heteroatoms. The van der Waals surface area contributed by atoms with Crippen LogP contribution in [-0.4, -0.2) is 67.7 Å². The van der Waals surface area contributed by atoms with Gasteiger partial charge in [0, 0.05) is 39.5 Å². The minimum atomic E-state index is -3.39. The van der Waals surface area contributed by atoms with Crippen molar-refractivity contribution >= 4 is 15.9 Å². The highest BCUT2D eigenvalue weighted by Crippen LogP contribution is 2.21. The minimum Gasteiger partial charge on any atom is -0.391 e. The van der Waals surface area contributed by atoms with Gasteiger partial charge in [-0.1, -0.05) is 29.8 Å². The van der Waals surface area contributed by atoms with Gasteiger partial charge in [0.1, 0.15) is 0 Å². The minimum absolute atomic E-state index is 0.0422. The molecule has 1 aromatic rings. The summed E-state index contributed by atoms with van der Waals surface area (Å²) in [5.74, 6) is -0.608. The first-order chi connectivity index (χ1) is 11.2. The molecule has 134 valence electrons. The standard InChI is InChI=1S/C17H26N2O4S/c1-13-4-6-14(7-5-13)8-9-17(21)19-10-15(16(20)11-19)12-24(22,23)18(2)3/h4-7,15-16,20H,8-12H2,1-3H3. The normalized spacial score (nSPS) is 21.5. The monoisotopic (exact) mass is 354 g/mol. The number of benzene rings is 1. The van der Waals surface area contributed by atoms with Gasteiger partial charge in [-0.25, -0.2) is 12.7 Å². The molecule has 1 aliphatic heterocycles. The zero-order valence-corrected chi connectivity index (χ0v) is 15.3. The first kappa shape index (κ1) is 18.9. The van der Waals surface area contributed by atoms with Crippen molar-refractivity contribution in [2.24, 2.45) is 5.92 Å². The van der Waals surface area contributed by atoms with E-state index >= 15 is 0 Å². The van der Waals surface area contributed by atoms with Gasteiger partial charge in [0.15, 0.2) is 0 Å². The van der Waals surface area contributed by atoms with Crippen molar-refractivity contribution in [2.75, 3.05) is 32.9 Å². The molecular weight excluding hydrogens is 328 g/mol. The number of hydrogen-bond donors (Lipinski definition) is 1. The lowest BCUT2D eigenvalue weighted by atomic mass is 10.1. The van der Waals surface area contributed by atoms with E-state index in [1.807, 2.05) is 31.2 Å².